The number of aromatic nitrogens is 3. The van der Waals surface area contributed by atoms with Gasteiger partial charge >= 0.3 is 0 Å². The number of aromatic amines is 1. The van der Waals surface area contributed by atoms with Gasteiger partial charge < -0.3 is 14.8 Å². The monoisotopic (exact) mass is 398 g/mol. The Morgan fingerprint density at radius 3 is 2.61 bits per heavy atom. The summed E-state index contributed by atoms with van der Waals surface area (Å²) in [4.78, 5) is 16.7. The van der Waals surface area contributed by atoms with Crippen LogP contribution in [0.1, 0.15) is 18.5 Å². The second kappa shape index (κ2) is 9.27. The molecule has 28 heavy (non-hydrogen) atoms. The van der Waals surface area contributed by atoms with E-state index < -0.39 is 0 Å². The maximum absolute atomic E-state index is 12.3. The number of rotatable bonds is 8. The third kappa shape index (κ3) is 4.83. The molecule has 1 atom stereocenters. The molecule has 0 spiro atoms. The lowest BCUT2D eigenvalue weighted by molar-refractivity contribution is -0.119. The summed E-state index contributed by atoms with van der Waals surface area (Å²) in [7, 11) is 3.24. The van der Waals surface area contributed by atoms with Crippen LogP contribution in [0.3, 0.4) is 0 Å². The molecule has 2 aromatic carbocycles. The van der Waals surface area contributed by atoms with Crippen molar-refractivity contribution < 1.29 is 14.3 Å². The number of nitrogens with one attached hydrogen (secondary N) is 2. The van der Waals surface area contributed by atoms with Gasteiger partial charge in [0.2, 0.25) is 11.1 Å². The molecule has 0 fully saturated rings. The lowest BCUT2D eigenvalue weighted by Gasteiger charge is -2.16. The number of carbonyl (C=O) groups excluding carboxylic acids is 1. The zero-order chi connectivity index (χ0) is 19.9. The van der Waals surface area contributed by atoms with Crippen LogP contribution in [0.5, 0.6) is 11.5 Å². The maximum Gasteiger partial charge on any atom is 0.230 e. The molecule has 1 amide bonds. The third-order valence-electron chi connectivity index (χ3n) is 4.14. The van der Waals surface area contributed by atoms with E-state index in [0.29, 0.717) is 11.0 Å². The minimum Gasteiger partial charge on any atom is -0.497 e. The first-order valence-electron chi connectivity index (χ1n) is 8.72. The van der Waals surface area contributed by atoms with Gasteiger partial charge in [-0.25, -0.2) is 4.98 Å². The van der Waals surface area contributed by atoms with Gasteiger partial charge in [0.15, 0.2) is 5.82 Å². The highest BCUT2D eigenvalue weighted by atomic mass is 32.2. The zero-order valence-electron chi connectivity index (χ0n) is 15.9. The number of methoxy groups -OCH3 is 2. The molecule has 0 aliphatic carbocycles. The fourth-order valence-corrected chi connectivity index (χ4v) is 3.31. The Hall–Kier alpha value is -3.00. The van der Waals surface area contributed by atoms with E-state index in [1.54, 1.807) is 14.2 Å². The number of carbonyl (C=O) groups is 1. The SMILES string of the molecule is COc1ccc(-c2nc(SCC(=O)N[C@@H](C)c3ccccc3OC)n[nH]2)cc1. The van der Waals surface area contributed by atoms with Gasteiger partial charge in [0, 0.05) is 11.1 Å². The Kier molecular flexibility index (Phi) is 6.54. The van der Waals surface area contributed by atoms with Crippen molar-refractivity contribution in [3.63, 3.8) is 0 Å². The summed E-state index contributed by atoms with van der Waals surface area (Å²) in [6, 6.07) is 15.0. The number of benzene rings is 2. The quantitative estimate of drug-likeness (QED) is 0.565. The zero-order valence-corrected chi connectivity index (χ0v) is 16.7. The molecule has 0 saturated carbocycles. The van der Waals surface area contributed by atoms with Crippen LogP contribution < -0.4 is 14.8 Å². The van der Waals surface area contributed by atoms with Crippen LogP contribution in [0.25, 0.3) is 11.4 Å². The highest BCUT2D eigenvalue weighted by Crippen LogP contribution is 2.25. The van der Waals surface area contributed by atoms with Gasteiger partial charge in [-0.3, -0.25) is 9.89 Å². The Balaban J connectivity index is 1.55. The van der Waals surface area contributed by atoms with Crippen LogP contribution in [0, 0.1) is 0 Å². The van der Waals surface area contributed by atoms with E-state index in [4.69, 9.17) is 9.47 Å². The highest BCUT2D eigenvalue weighted by Gasteiger charge is 2.15. The summed E-state index contributed by atoms with van der Waals surface area (Å²) in [5.74, 6) is 2.30. The molecule has 0 unspecified atom stereocenters. The average Bonchev–Trinajstić information content (AvgIpc) is 3.21. The molecule has 8 heteroatoms. The molecular formula is C20H22N4O3S. The van der Waals surface area contributed by atoms with Gasteiger partial charge in [0.1, 0.15) is 11.5 Å². The molecule has 1 aromatic heterocycles. The van der Waals surface area contributed by atoms with Crippen LogP contribution in [0.2, 0.25) is 0 Å². The first-order valence-corrected chi connectivity index (χ1v) is 9.71. The smallest absolute Gasteiger partial charge is 0.230 e. The van der Waals surface area contributed by atoms with Crippen LogP contribution in [-0.4, -0.2) is 41.1 Å². The molecule has 7 nitrogen and oxygen atoms in total. The number of hydrogen-bond donors (Lipinski definition) is 2. The van der Waals surface area contributed by atoms with Crippen LogP contribution in [-0.2, 0) is 4.79 Å². The molecule has 0 aliphatic rings. The summed E-state index contributed by atoms with van der Waals surface area (Å²) >= 11 is 1.28. The van der Waals surface area contributed by atoms with E-state index in [1.165, 1.54) is 11.8 Å². The number of ether oxygens (including phenoxy) is 2. The fourth-order valence-electron chi connectivity index (χ4n) is 2.70. The lowest BCUT2D eigenvalue weighted by atomic mass is 10.1. The van der Waals surface area contributed by atoms with Crippen LogP contribution in [0.15, 0.2) is 53.7 Å². The Morgan fingerprint density at radius 2 is 1.89 bits per heavy atom. The van der Waals surface area contributed by atoms with Gasteiger partial charge in [0.05, 0.1) is 26.0 Å². The lowest BCUT2D eigenvalue weighted by Crippen LogP contribution is -2.28. The number of amides is 1. The van der Waals surface area contributed by atoms with Crippen molar-refractivity contribution in [2.45, 2.75) is 18.1 Å². The van der Waals surface area contributed by atoms with Gasteiger partial charge in [0.25, 0.3) is 0 Å². The number of thioether (sulfide) groups is 1. The molecule has 0 aliphatic heterocycles. The number of nitrogens with zero attached hydrogens (tertiary/aromatic N) is 2. The molecule has 3 rings (SSSR count). The standard InChI is InChI=1S/C20H22N4O3S/c1-13(16-6-4-5-7-17(16)27-3)21-18(25)12-28-20-22-19(23-24-20)14-8-10-15(26-2)11-9-14/h4-11,13H,12H2,1-3H3,(H,21,25)(H,22,23,24)/t13-/m0/s1. The topological polar surface area (TPSA) is 89.1 Å². The van der Waals surface area contributed by atoms with Crippen molar-refractivity contribution >= 4 is 17.7 Å². The normalized spacial score (nSPS) is 11.7. The van der Waals surface area contributed by atoms with Crippen molar-refractivity contribution in [3.05, 3.63) is 54.1 Å². The van der Waals surface area contributed by atoms with E-state index in [2.05, 4.69) is 20.5 Å². The second-order valence-electron chi connectivity index (χ2n) is 6.01. The highest BCUT2D eigenvalue weighted by molar-refractivity contribution is 7.99. The van der Waals surface area contributed by atoms with Gasteiger partial charge in [-0.2, -0.15) is 0 Å². The van der Waals surface area contributed by atoms with E-state index >= 15 is 0 Å². The van der Waals surface area contributed by atoms with E-state index in [1.807, 2.05) is 55.5 Å². The molecular weight excluding hydrogens is 376 g/mol. The summed E-state index contributed by atoms with van der Waals surface area (Å²) in [5.41, 5.74) is 1.83. The van der Waals surface area contributed by atoms with Gasteiger partial charge in [-0.15, -0.1) is 5.10 Å². The second-order valence-corrected chi connectivity index (χ2v) is 6.96. The fraction of sp³-hybridized carbons (Fsp3) is 0.250. The molecule has 2 N–H and O–H groups in total. The van der Waals surface area contributed by atoms with Crippen molar-refractivity contribution in [2.24, 2.45) is 0 Å². The van der Waals surface area contributed by atoms with E-state index in [0.717, 1.165) is 22.6 Å². The van der Waals surface area contributed by atoms with Crippen LogP contribution >= 0.6 is 11.8 Å². The molecule has 0 bridgehead atoms. The average molecular weight is 398 g/mol. The molecule has 1 heterocycles. The summed E-state index contributed by atoms with van der Waals surface area (Å²) in [6.07, 6.45) is 0. The number of hydrogen-bond acceptors (Lipinski definition) is 6. The predicted molar refractivity (Wildman–Crippen MR) is 109 cm³/mol. The molecule has 0 radical (unpaired) electrons. The van der Waals surface area contributed by atoms with Gasteiger partial charge in [-0.1, -0.05) is 30.0 Å². The van der Waals surface area contributed by atoms with Crippen molar-refractivity contribution in [3.8, 4) is 22.9 Å². The van der Waals surface area contributed by atoms with Gasteiger partial charge in [-0.05, 0) is 37.3 Å². The van der Waals surface area contributed by atoms with E-state index in [9.17, 15) is 4.79 Å². The minimum atomic E-state index is -0.161. The first-order chi connectivity index (χ1) is 13.6. The minimum absolute atomic E-state index is 0.0980. The molecule has 0 saturated heterocycles. The third-order valence-corrected chi connectivity index (χ3v) is 4.99. The Bertz CT molecular complexity index is 927. The summed E-state index contributed by atoms with van der Waals surface area (Å²) < 4.78 is 10.5. The Labute approximate surface area is 167 Å². The van der Waals surface area contributed by atoms with E-state index in [-0.39, 0.29) is 17.7 Å². The summed E-state index contributed by atoms with van der Waals surface area (Å²) in [6.45, 7) is 1.93. The summed E-state index contributed by atoms with van der Waals surface area (Å²) in [5, 5.41) is 10.6. The Morgan fingerprint density at radius 1 is 1.14 bits per heavy atom. The van der Waals surface area contributed by atoms with Crippen molar-refractivity contribution in [1.82, 2.24) is 20.5 Å². The number of H-pyrrole nitrogens is 1. The largest absolute Gasteiger partial charge is 0.497 e. The van der Waals surface area contributed by atoms with Crippen molar-refractivity contribution in [1.29, 1.82) is 0 Å². The first kappa shape index (κ1) is 19.8. The predicted octanol–water partition coefficient (Wildman–Crippen LogP) is 3.46. The molecule has 146 valence electrons. The maximum atomic E-state index is 12.3. The molecule has 3 aromatic rings. The number of para-hydroxylation sites is 1. The van der Waals surface area contributed by atoms with Crippen LogP contribution in [0.4, 0.5) is 0 Å². The van der Waals surface area contributed by atoms with Crippen molar-refractivity contribution in [2.75, 3.05) is 20.0 Å².